The number of rotatable bonds is 9. The number of nitrogens with one attached hydrogen (secondary N) is 1. The number of ether oxygens (including phenoxy) is 2. The summed E-state index contributed by atoms with van der Waals surface area (Å²) in [6, 6.07) is 13.3. The molecule has 0 saturated heterocycles. The minimum Gasteiger partial charge on any atom is -0.495 e. The van der Waals surface area contributed by atoms with Crippen LogP contribution in [0.4, 0.5) is 5.69 Å². The van der Waals surface area contributed by atoms with Crippen molar-refractivity contribution in [1.29, 1.82) is 0 Å². The molecule has 0 spiro atoms. The van der Waals surface area contributed by atoms with Gasteiger partial charge < -0.3 is 19.3 Å². The van der Waals surface area contributed by atoms with E-state index in [1.165, 1.54) is 13.2 Å². The summed E-state index contributed by atoms with van der Waals surface area (Å²) in [4.78, 5) is 12.3. The van der Waals surface area contributed by atoms with Gasteiger partial charge in [0.05, 0.1) is 25.2 Å². The van der Waals surface area contributed by atoms with Gasteiger partial charge in [-0.1, -0.05) is 5.16 Å². The summed E-state index contributed by atoms with van der Waals surface area (Å²) in [7, 11) is -2.40. The lowest BCUT2D eigenvalue weighted by Gasteiger charge is -2.11. The highest BCUT2D eigenvalue weighted by molar-refractivity contribution is 7.91. The number of hydrogen-bond donors (Lipinski definition) is 1. The number of amides is 1. The molecular weight excluding hydrogens is 420 g/mol. The van der Waals surface area contributed by atoms with Crippen molar-refractivity contribution < 1.29 is 27.2 Å². The number of anilines is 1. The van der Waals surface area contributed by atoms with Crippen molar-refractivity contribution in [2.45, 2.75) is 25.2 Å². The van der Waals surface area contributed by atoms with E-state index in [0.29, 0.717) is 35.1 Å². The fourth-order valence-electron chi connectivity index (χ4n) is 2.93. The molecule has 3 aromatic rings. The first-order valence-corrected chi connectivity index (χ1v) is 11.3. The second kappa shape index (κ2) is 9.65. The van der Waals surface area contributed by atoms with Crippen molar-refractivity contribution in [1.82, 2.24) is 5.16 Å². The molecule has 8 nitrogen and oxygen atoms in total. The van der Waals surface area contributed by atoms with Gasteiger partial charge in [0.1, 0.15) is 16.4 Å². The van der Waals surface area contributed by atoms with Crippen LogP contribution >= 0.6 is 0 Å². The molecule has 2 aromatic carbocycles. The molecule has 1 N–H and O–H groups in total. The first kappa shape index (κ1) is 22.4. The Bertz CT molecular complexity index is 1150. The molecule has 3 rings (SSSR count). The first-order chi connectivity index (χ1) is 14.8. The molecule has 31 heavy (non-hydrogen) atoms. The maximum atomic E-state index is 13.0. The summed E-state index contributed by atoms with van der Waals surface area (Å²) in [6.45, 7) is 4.20. The van der Waals surface area contributed by atoms with E-state index in [1.807, 2.05) is 6.92 Å². The van der Waals surface area contributed by atoms with Crippen molar-refractivity contribution in [2.24, 2.45) is 0 Å². The summed E-state index contributed by atoms with van der Waals surface area (Å²) < 4.78 is 41.7. The lowest BCUT2D eigenvalue weighted by Crippen LogP contribution is -2.18. The van der Waals surface area contributed by atoms with E-state index in [2.05, 4.69) is 10.5 Å². The van der Waals surface area contributed by atoms with Gasteiger partial charge in [-0.05, 0) is 56.3 Å². The van der Waals surface area contributed by atoms with Crippen LogP contribution in [-0.2, 0) is 14.6 Å². The van der Waals surface area contributed by atoms with Crippen molar-refractivity contribution in [2.75, 3.05) is 24.8 Å². The average Bonchev–Trinajstić information content (AvgIpc) is 3.20. The van der Waals surface area contributed by atoms with Gasteiger partial charge in [0, 0.05) is 23.7 Å². The molecular formula is C22H24N2O6S. The minimum atomic E-state index is -3.80. The molecule has 0 unspecified atom stereocenters. The van der Waals surface area contributed by atoms with Crippen molar-refractivity contribution in [3.63, 3.8) is 0 Å². The van der Waals surface area contributed by atoms with Crippen LogP contribution in [0, 0.1) is 6.92 Å². The van der Waals surface area contributed by atoms with E-state index in [4.69, 9.17) is 14.0 Å². The number of sulfone groups is 1. The second-order valence-corrected chi connectivity index (χ2v) is 8.85. The number of aromatic nitrogens is 1. The number of hydrogen-bond acceptors (Lipinski definition) is 7. The molecule has 0 aliphatic heterocycles. The molecule has 1 heterocycles. The third-order valence-electron chi connectivity index (χ3n) is 4.46. The molecule has 1 amide bonds. The van der Waals surface area contributed by atoms with E-state index in [0.717, 1.165) is 0 Å². The van der Waals surface area contributed by atoms with Gasteiger partial charge in [-0.15, -0.1) is 0 Å². The largest absolute Gasteiger partial charge is 0.495 e. The highest BCUT2D eigenvalue weighted by atomic mass is 32.2. The Morgan fingerprint density at radius 3 is 2.48 bits per heavy atom. The molecule has 1 aromatic heterocycles. The lowest BCUT2D eigenvalue weighted by molar-refractivity contribution is -0.115. The molecule has 0 radical (unpaired) electrons. The average molecular weight is 445 g/mol. The topological polar surface area (TPSA) is 108 Å². The first-order valence-electron chi connectivity index (χ1n) is 9.69. The van der Waals surface area contributed by atoms with Crippen LogP contribution in [0.5, 0.6) is 11.5 Å². The predicted octanol–water partition coefficient (Wildman–Crippen LogP) is 3.86. The Labute approximate surface area is 181 Å². The zero-order valence-corrected chi connectivity index (χ0v) is 18.4. The summed E-state index contributed by atoms with van der Waals surface area (Å²) >= 11 is 0. The molecule has 0 aliphatic rings. The smallest absolute Gasteiger partial charge is 0.225 e. The van der Waals surface area contributed by atoms with Crippen LogP contribution in [-0.4, -0.2) is 39.0 Å². The Morgan fingerprint density at radius 2 is 1.87 bits per heavy atom. The van der Waals surface area contributed by atoms with E-state index in [1.54, 1.807) is 49.4 Å². The number of carbonyl (C=O) groups is 1. The van der Waals surface area contributed by atoms with Gasteiger partial charge in [-0.2, -0.15) is 0 Å². The highest BCUT2D eigenvalue weighted by Gasteiger charge is 2.22. The van der Waals surface area contributed by atoms with Gasteiger partial charge in [-0.3, -0.25) is 4.79 Å². The molecule has 9 heteroatoms. The van der Waals surface area contributed by atoms with Gasteiger partial charge in [0.25, 0.3) is 0 Å². The monoisotopic (exact) mass is 444 g/mol. The Balaban J connectivity index is 1.71. The van der Waals surface area contributed by atoms with Crippen LogP contribution in [0.25, 0.3) is 11.3 Å². The van der Waals surface area contributed by atoms with Crippen molar-refractivity contribution in [3.8, 4) is 22.8 Å². The van der Waals surface area contributed by atoms with Crippen LogP contribution in [0.3, 0.4) is 0 Å². The van der Waals surface area contributed by atoms with Gasteiger partial charge >= 0.3 is 0 Å². The van der Waals surface area contributed by atoms with Crippen LogP contribution < -0.4 is 14.8 Å². The summed E-state index contributed by atoms with van der Waals surface area (Å²) in [5, 5.41) is 6.52. The normalized spacial score (nSPS) is 11.2. The second-order valence-electron chi connectivity index (χ2n) is 6.77. The zero-order chi connectivity index (χ0) is 22.4. The van der Waals surface area contributed by atoms with E-state index >= 15 is 0 Å². The Hall–Kier alpha value is -3.33. The van der Waals surface area contributed by atoms with Crippen molar-refractivity contribution >= 4 is 21.4 Å². The number of benzene rings is 2. The predicted molar refractivity (Wildman–Crippen MR) is 116 cm³/mol. The van der Waals surface area contributed by atoms with Crippen LogP contribution in [0.1, 0.15) is 19.0 Å². The fraction of sp³-hybridized carbons (Fsp3) is 0.273. The van der Waals surface area contributed by atoms with Crippen molar-refractivity contribution in [3.05, 3.63) is 54.2 Å². The molecule has 0 bridgehead atoms. The van der Waals surface area contributed by atoms with E-state index in [9.17, 15) is 13.2 Å². The number of carbonyl (C=O) groups excluding carboxylic acids is 1. The third-order valence-corrected chi connectivity index (χ3v) is 6.19. The van der Waals surface area contributed by atoms with E-state index in [-0.39, 0.29) is 22.8 Å². The SMILES string of the molecule is CCOc1ccc(NC(=O)CCS(=O)(=O)c2cc(-c3cc(C)no3)ccc2OC)cc1. The zero-order valence-electron chi connectivity index (χ0n) is 17.5. The molecule has 164 valence electrons. The summed E-state index contributed by atoms with van der Waals surface area (Å²) in [6.07, 6.45) is -0.204. The fourth-order valence-corrected chi connectivity index (χ4v) is 4.37. The lowest BCUT2D eigenvalue weighted by atomic mass is 10.1. The highest BCUT2D eigenvalue weighted by Crippen LogP contribution is 2.31. The quantitative estimate of drug-likeness (QED) is 0.534. The Morgan fingerprint density at radius 1 is 1.13 bits per heavy atom. The van der Waals surface area contributed by atoms with Gasteiger partial charge in [0.15, 0.2) is 15.6 Å². The van der Waals surface area contributed by atoms with Gasteiger partial charge in [-0.25, -0.2) is 8.42 Å². The molecule has 0 fully saturated rings. The third kappa shape index (κ3) is 5.64. The number of methoxy groups -OCH3 is 1. The minimum absolute atomic E-state index is 0.00424. The van der Waals surface area contributed by atoms with Crippen LogP contribution in [0.2, 0.25) is 0 Å². The standard InChI is InChI=1S/C22H24N2O6S/c1-4-29-18-8-6-17(7-9-18)23-22(25)11-12-31(26,27)21-14-16(5-10-19(21)28-3)20-13-15(2)24-30-20/h5-10,13-14H,4,11-12H2,1-3H3,(H,23,25). The summed E-state index contributed by atoms with van der Waals surface area (Å²) in [5.74, 6) is 0.563. The molecule has 0 atom stereocenters. The van der Waals surface area contributed by atoms with E-state index < -0.39 is 15.7 Å². The number of nitrogens with zero attached hydrogens (tertiary/aromatic N) is 1. The molecule has 0 saturated carbocycles. The van der Waals surface area contributed by atoms with Crippen LogP contribution in [0.15, 0.2) is 57.9 Å². The maximum Gasteiger partial charge on any atom is 0.225 e. The molecule has 0 aliphatic carbocycles. The summed E-state index contributed by atoms with van der Waals surface area (Å²) in [5.41, 5.74) is 1.80. The van der Waals surface area contributed by atoms with Gasteiger partial charge in [0.2, 0.25) is 5.91 Å². The maximum absolute atomic E-state index is 13.0. The Kier molecular flexibility index (Phi) is 6.96. The number of aryl methyl sites for hydroxylation is 1.